The van der Waals surface area contributed by atoms with Crippen molar-refractivity contribution in [1.29, 1.82) is 0 Å². The van der Waals surface area contributed by atoms with Crippen LogP contribution in [0.1, 0.15) is 64.5 Å². The van der Waals surface area contributed by atoms with Crippen LogP contribution in [0.4, 0.5) is 13.2 Å². The lowest BCUT2D eigenvalue weighted by molar-refractivity contribution is -0.141. The Balaban J connectivity index is 2.33. The van der Waals surface area contributed by atoms with Crippen LogP contribution in [-0.2, 0) is 22.1 Å². The van der Waals surface area contributed by atoms with E-state index in [9.17, 15) is 18.0 Å². The molecule has 5 heteroatoms. The van der Waals surface area contributed by atoms with Crippen molar-refractivity contribution in [3.8, 4) is 0 Å². The Hall–Kier alpha value is -2.30. The highest BCUT2D eigenvalue weighted by molar-refractivity contribution is 5.72. The summed E-state index contributed by atoms with van der Waals surface area (Å²) in [6.07, 6.45) is 5.91. The van der Waals surface area contributed by atoms with Gasteiger partial charge in [0.15, 0.2) is 0 Å². The molecule has 1 aromatic carbocycles. The summed E-state index contributed by atoms with van der Waals surface area (Å²) < 4.78 is 42.8. The molecule has 0 fully saturated rings. The first-order valence-electron chi connectivity index (χ1n) is 9.84. The van der Waals surface area contributed by atoms with Gasteiger partial charge in [0.1, 0.15) is 6.61 Å². The predicted molar refractivity (Wildman–Crippen MR) is 112 cm³/mol. The molecule has 0 unspecified atom stereocenters. The third-order valence-corrected chi connectivity index (χ3v) is 4.43. The average molecular weight is 409 g/mol. The van der Waals surface area contributed by atoms with E-state index in [1.54, 1.807) is 0 Å². The van der Waals surface area contributed by atoms with Gasteiger partial charge in [-0.15, -0.1) is 0 Å². The molecule has 0 aromatic heterocycles. The predicted octanol–water partition coefficient (Wildman–Crippen LogP) is 7.21. The van der Waals surface area contributed by atoms with E-state index in [-0.39, 0.29) is 13.0 Å². The van der Waals surface area contributed by atoms with E-state index >= 15 is 0 Å². The minimum atomic E-state index is -4.37. The number of esters is 1. The molecule has 1 rings (SSSR count). The van der Waals surface area contributed by atoms with Crippen LogP contribution >= 0.6 is 0 Å². The van der Waals surface area contributed by atoms with Crippen molar-refractivity contribution in [1.82, 2.24) is 0 Å². The van der Waals surface area contributed by atoms with Gasteiger partial charge in [-0.3, -0.25) is 4.79 Å². The first kappa shape index (κ1) is 24.7. The number of carbonyl (C=O) groups is 1. The summed E-state index contributed by atoms with van der Waals surface area (Å²) >= 11 is 0. The van der Waals surface area contributed by atoms with Crippen LogP contribution in [0.5, 0.6) is 0 Å². The number of carbonyl (C=O) groups excluding carboxylic acids is 1. The normalized spacial score (nSPS) is 12.7. The number of benzene rings is 1. The van der Waals surface area contributed by atoms with Crippen LogP contribution in [-0.4, -0.2) is 12.6 Å². The van der Waals surface area contributed by atoms with Crippen LogP contribution < -0.4 is 0 Å². The Labute approximate surface area is 172 Å². The third kappa shape index (κ3) is 11.3. The van der Waals surface area contributed by atoms with Crippen LogP contribution in [0.2, 0.25) is 0 Å². The SMILES string of the molecule is CC(C)=CCC/C(C)=C/CC/C(C)=C/COC(=O)Cc1ccc(C(F)(F)F)cc1. The zero-order chi connectivity index (χ0) is 21.9. The minimum Gasteiger partial charge on any atom is -0.461 e. The van der Waals surface area contributed by atoms with Crippen LogP contribution in [0.3, 0.4) is 0 Å². The Morgan fingerprint density at radius 3 is 2.00 bits per heavy atom. The lowest BCUT2D eigenvalue weighted by atomic mass is 10.1. The number of hydrogen-bond acceptors (Lipinski definition) is 2. The molecule has 0 saturated heterocycles. The molecule has 0 heterocycles. The molecule has 0 amide bonds. The maximum atomic E-state index is 12.5. The van der Waals surface area contributed by atoms with Gasteiger partial charge in [0.2, 0.25) is 0 Å². The second-order valence-corrected chi connectivity index (χ2v) is 7.51. The highest BCUT2D eigenvalue weighted by Gasteiger charge is 2.29. The van der Waals surface area contributed by atoms with Crippen molar-refractivity contribution < 1.29 is 22.7 Å². The van der Waals surface area contributed by atoms with Gasteiger partial charge in [-0.05, 0) is 77.2 Å². The Kier molecular flexibility index (Phi) is 10.5. The van der Waals surface area contributed by atoms with E-state index in [4.69, 9.17) is 4.74 Å². The summed E-state index contributed by atoms with van der Waals surface area (Å²) in [5, 5.41) is 0. The fourth-order valence-electron chi connectivity index (χ4n) is 2.65. The van der Waals surface area contributed by atoms with Crippen molar-refractivity contribution in [2.75, 3.05) is 6.61 Å². The molecule has 0 aliphatic rings. The molecule has 160 valence electrons. The van der Waals surface area contributed by atoms with E-state index in [1.807, 2.05) is 13.0 Å². The lowest BCUT2D eigenvalue weighted by Crippen LogP contribution is -2.09. The molecular weight excluding hydrogens is 377 g/mol. The number of allylic oxidation sites excluding steroid dienone is 5. The van der Waals surface area contributed by atoms with Crippen molar-refractivity contribution in [3.63, 3.8) is 0 Å². The summed E-state index contributed by atoms with van der Waals surface area (Å²) in [5.74, 6) is -0.455. The second-order valence-electron chi connectivity index (χ2n) is 7.51. The van der Waals surface area contributed by atoms with E-state index in [1.165, 1.54) is 23.3 Å². The van der Waals surface area contributed by atoms with Gasteiger partial charge in [-0.25, -0.2) is 0 Å². The molecule has 2 nitrogen and oxygen atoms in total. The minimum absolute atomic E-state index is 0.0430. The summed E-state index contributed by atoms with van der Waals surface area (Å²) in [4.78, 5) is 11.8. The largest absolute Gasteiger partial charge is 0.461 e. The van der Waals surface area contributed by atoms with Gasteiger partial charge in [0.05, 0.1) is 12.0 Å². The Morgan fingerprint density at radius 1 is 0.897 bits per heavy atom. The Morgan fingerprint density at radius 2 is 1.45 bits per heavy atom. The zero-order valence-corrected chi connectivity index (χ0v) is 17.7. The van der Waals surface area contributed by atoms with E-state index < -0.39 is 17.7 Å². The quantitative estimate of drug-likeness (QED) is 0.302. The van der Waals surface area contributed by atoms with Gasteiger partial charge >= 0.3 is 12.1 Å². The van der Waals surface area contributed by atoms with Crippen molar-refractivity contribution in [2.45, 2.75) is 66.0 Å². The zero-order valence-electron chi connectivity index (χ0n) is 17.7. The monoisotopic (exact) mass is 408 g/mol. The van der Waals surface area contributed by atoms with Gasteiger partial charge in [0.25, 0.3) is 0 Å². The first-order valence-corrected chi connectivity index (χ1v) is 9.84. The molecule has 0 N–H and O–H groups in total. The molecule has 0 radical (unpaired) electrons. The fraction of sp³-hybridized carbons (Fsp3) is 0.458. The molecule has 0 saturated carbocycles. The summed E-state index contributed by atoms with van der Waals surface area (Å²) in [6, 6.07) is 4.55. The number of rotatable bonds is 10. The summed E-state index contributed by atoms with van der Waals surface area (Å²) in [6.45, 7) is 8.51. The third-order valence-electron chi connectivity index (χ3n) is 4.43. The summed E-state index contributed by atoms with van der Waals surface area (Å²) in [5.41, 5.74) is 3.62. The van der Waals surface area contributed by atoms with Crippen LogP contribution in [0, 0.1) is 0 Å². The van der Waals surface area contributed by atoms with Gasteiger partial charge < -0.3 is 4.74 Å². The van der Waals surface area contributed by atoms with E-state index in [0.717, 1.165) is 43.4 Å². The fourth-order valence-corrected chi connectivity index (χ4v) is 2.65. The number of ether oxygens (including phenoxy) is 1. The van der Waals surface area contributed by atoms with Crippen molar-refractivity contribution in [3.05, 3.63) is 70.3 Å². The molecular formula is C24H31F3O2. The average Bonchev–Trinajstić information content (AvgIpc) is 2.61. The summed E-state index contributed by atoms with van der Waals surface area (Å²) in [7, 11) is 0. The molecule has 0 spiro atoms. The van der Waals surface area contributed by atoms with Gasteiger partial charge in [-0.2, -0.15) is 13.2 Å². The van der Waals surface area contributed by atoms with Crippen molar-refractivity contribution in [2.24, 2.45) is 0 Å². The lowest BCUT2D eigenvalue weighted by Gasteiger charge is -2.07. The maximum Gasteiger partial charge on any atom is 0.416 e. The maximum absolute atomic E-state index is 12.5. The van der Waals surface area contributed by atoms with Crippen LogP contribution in [0.25, 0.3) is 0 Å². The molecule has 0 aliphatic heterocycles. The van der Waals surface area contributed by atoms with Gasteiger partial charge in [0, 0.05) is 0 Å². The topological polar surface area (TPSA) is 26.3 Å². The van der Waals surface area contributed by atoms with E-state index in [2.05, 4.69) is 32.9 Å². The van der Waals surface area contributed by atoms with Crippen LogP contribution in [0.15, 0.2) is 59.2 Å². The molecule has 0 aliphatic carbocycles. The number of alkyl halides is 3. The number of halogens is 3. The standard InChI is InChI=1S/C24H31F3O2/c1-18(2)7-5-8-19(3)9-6-10-20(4)15-16-29-23(28)17-21-11-13-22(14-12-21)24(25,26)27/h7,9,11-15H,5-6,8,10,16-17H2,1-4H3/b19-9+,20-15+. The molecule has 0 atom stereocenters. The molecule has 1 aromatic rings. The number of hydrogen-bond donors (Lipinski definition) is 0. The second kappa shape index (κ2) is 12.3. The van der Waals surface area contributed by atoms with Crippen molar-refractivity contribution >= 4 is 5.97 Å². The molecule has 0 bridgehead atoms. The smallest absolute Gasteiger partial charge is 0.416 e. The van der Waals surface area contributed by atoms with E-state index in [0.29, 0.717) is 5.56 Å². The highest BCUT2D eigenvalue weighted by atomic mass is 19.4. The molecule has 29 heavy (non-hydrogen) atoms. The van der Waals surface area contributed by atoms with Gasteiger partial charge in [-0.1, -0.05) is 41.0 Å². The highest BCUT2D eigenvalue weighted by Crippen LogP contribution is 2.29. The Bertz CT molecular complexity index is 734. The first-order chi connectivity index (χ1) is 13.6.